The zero-order valence-corrected chi connectivity index (χ0v) is 18.5. The summed E-state index contributed by atoms with van der Waals surface area (Å²) in [6.07, 6.45) is -1.36. The summed E-state index contributed by atoms with van der Waals surface area (Å²) in [5, 5.41) is 4.48. The van der Waals surface area contributed by atoms with E-state index >= 15 is 4.39 Å². The second-order valence-electron chi connectivity index (χ2n) is 8.15. The predicted octanol–water partition coefficient (Wildman–Crippen LogP) is 2.31. The Balaban J connectivity index is 1.32. The van der Waals surface area contributed by atoms with Crippen molar-refractivity contribution in [2.24, 2.45) is 0 Å². The van der Waals surface area contributed by atoms with Crippen LogP contribution in [0.3, 0.4) is 0 Å². The van der Waals surface area contributed by atoms with Gasteiger partial charge in [0.2, 0.25) is 0 Å². The van der Waals surface area contributed by atoms with Crippen molar-refractivity contribution in [3.8, 4) is 17.2 Å². The molecular formula is C23H25FN4O5. The lowest BCUT2D eigenvalue weighted by atomic mass is 10.1. The normalized spacial score (nSPS) is 20.2. The number of methoxy groups -OCH3 is 1. The number of aryl methyl sites for hydroxylation is 1. The third-order valence-corrected chi connectivity index (χ3v) is 5.74. The van der Waals surface area contributed by atoms with E-state index in [4.69, 9.17) is 18.9 Å². The van der Waals surface area contributed by atoms with E-state index in [1.807, 2.05) is 11.8 Å². The second-order valence-corrected chi connectivity index (χ2v) is 8.15. The molecule has 1 fully saturated rings. The first-order valence-electron chi connectivity index (χ1n) is 10.9. The van der Waals surface area contributed by atoms with Gasteiger partial charge in [0.05, 0.1) is 18.8 Å². The van der Waals surface area contributed by atoms with Gasteiger partial charge >= 0.3 is 0 Å². The van der Waals surface area contributed by atoms with Gasteiger partial charge in [-0.2, -0.15) is 4.52 Å². The van der Waals surface area contributed by atoms with Gasteiger partial charge in [-0.15, -0.1) is 5.10 Å². The zero-order valence-electron chi connectivity index (χ0n) is 18.5. The highest BCUT2D eigenvalue weighted by atomic mass is 19.1. The molecule has 9 nitrogen and oxygen atoms in total. The number of fused-ring (bicyclic) bond motifs is 2. The van der Waals surface area contributed by atoms with Crippen LogP contribution in [-0.2, 0) is 11.3 Å². The Labute approximate surface area is 189 Å². The number of alkyl halides is 1. The molecule has 3 aromatic rings. The summed E-state index contributed by atoms with van der Waals surface area (Å²) in [6, 6.07) is 8.46. The highest BCUT2D eigenvalue weighted by Crippen LogP contribution is 2.35. The summed E-state index contributed by atoms with van der Waals surface area (Å²) < 4.78 is 38.5. The number of halogens is 1. The van der Waals surface area contributed by atoms with Crippen LogP contribution in [0.5, 0.6) is 17.2 Å². The molecule has 0 spiro atoms. The number of aromatic nitrogens is 3. The molecule has 5 rings (SSSR count). The molecule has 4 heterocycles. The number of benzene rings is 1. The quantitative estimate of drug-likeness (QED) is 0.578. The average molecular weight is 456 g/mol. The van der Waals surface area contributed by atoms with Crippen LogP contribution in [0.15, 0.2) is 35.1 Å². The molecule has 0 radical (unpaired) electrons. The standard InChI is InChI=1S/C23H25FN4O5/c1-14-9-21-25-15(13-30-2)10-22(29)28(21)26-23(14)27-6-5-18(17(24)12-27)33-16-3-4-19-20(11-16)32-8-7-31-19/h3-4,9-11,17-18H,5-8,12-13H2,1-2H3/t17-,18-/m1/s1. The molecule has 1 saturated heterocycles. The van der Waals surface area contributed by atoms with E-state index in [-0.39, 0.29) is 18.7 Å². The number of piperidine rings is 1. The maximum atomic E-state index is 15.1. The molecular weight excluding hydrogens is 431 g/mol. The average Bonchev–Trinajstić information content (AvgIpc) is 2.80. The van der Waals surface area contributed by atoms with Gasteiger partial charge in [-0.3, -0.25) is 4.79 Å². The predicted molar refractivity (Wildman–Crippen MR) is 118 cm³/mol. The van der Waals surface area contributed by atoms with Gasteiger partial charge in [0.1, 0.15) is 25.1 Å². The first-order valence-corrected chi connectivity index (χ1v) is 10.9. The minimum atomic E-state index is -1.23. The van der Waals surface area contributed by atoms with Crippen molar-refractivity contribution in [2.45, 2.75) is 32.2 Å². The lowest BCUT2D eigenvalue weighted by Gasteiger charge is -2.36. The number of anilines is 1. The number of hydrogen-bond acceptors (Lipinski definition) is 8. The molecule has 33 heavy (non-hydrogen) atoms. The molecule has 0 unspecified atom stereocenters. The highest BCUT2D eigenvalue weighted by molar-refractivity contribution is 5.53. The molecule has 1 aromatic carbocycles. The fraction of sp³-hybridized carbons (Fsp3) is 0.435. The Morgan fingerprint density at radius 2 is 2.00 bits per heavy atom. The summed E-state index contributed by atoms with van der Waals surface area (Å²) in [4.78, 5) is 18.8. The lowest BCUT2D eigenvalue weighted by molar-refractivity contribution is 0.0809. The molecule has 0 aliphatic carbocycles. The van der Waals surface area contributed by atoms with Gasteiger partial charge in [0.15, 0.2) is 29.1 Å². The van der Waals surface area contributed by atoms with Crippen molar-refractivity contribution in [3.63, 3.8) is 0 Å². The summed E-state index contributed by atoms with van der Waals surface area (Å²) >= 11 is 0. The SMILES string of the molecule is COCc1cc(=O)n2nc(N3CC[C@@H](Oc4ccc5c(c4)OCCO5)[C@H](F)C3)c(C)cc2n1. The third-order valence-electron chi connectivity index (χ3n) is 5.74. The first-order chi connectivity index (χ1) is 16.0. The first kappa shape index (κ1) is 21.4. The summed E-state index contributed by atoms with van der Waals surface area (Å²) in [6.45, 7) is 3.76. The van der Waals surface area contributed by atoms with E-state index in [0.29, 0.717) is 60.6 Å². The van der Waals surface area contributed by atoms with E-state index in [1.54, 1.807) is 31.4 Å². The van der Waals surface area contributed by atoms with Crippen LogP contribution in [0.25, 0.3) is 5.65 Å². The molecule has 2 aliphatic heterocycles. The Morgan fingerprint density at radius 1 is 1.18 bits per heavy atom. The number of ether oxygens (including phenoxy) is 4. The van der Waals surface area contributed by atoms with Crippen LogP contribution in [-0.4, -0.2) is 60.3 Å². The van der Waals surface area contributed by atoms with Crippen LogP contribution in [0, 0.1) is 6.92 Å². The minimum absolute atomic E-state index is 0.110. The second kappa shape index (κ2) is 8.86. The molecule has 0 bridgehead atoms. The smallest absolute Gasteiger partial charge is 0.274 e. The van der Waals surface area contributed by atoms with E-state index in [2.05, 4.69) is 10.1 Å². The summed E-state index contributed by atoms with van der Waals surface area (Å²) in [5.41, 5.74) is 1.48. The van der Waals surface area contributed by atoms with Crippen LogP contribution >= 0.6 is 0 Å². The number of nitrogens with zero attached hydrogens (tertiary/aromatic N) is 4. The molecule has 0 saturated carbocycles. The molecule has 2 atom stereocenters. The highest BCUT2D eigenvalue weighted by Gasteiger charge is 2.32. The minimum Gasteiger partial charge on any atom is -0.487 e. The fourth-order valence-corrected chi connectivity index (χ4v) is 4.18. The van der Waals surface area contributed by atoms with Crippen molar-refractivity contribution in [2.75, 3.05) is 38.3 Å². The Morgan fingerprint density at radius 3 is 2.79 bits per heavy atom. The van der Waals surface area contributed by atoms with Crippen molar-refractivity contribution in [1.29, 1.82) is 0 Å². The Kier molecular flexibility index (Phi) is 5.76. The van der Waals surface area contributed by atoms with Crippen LogP contribution in [0.4, 0.5) is 10.2 Å². The van der Waals surface area contributed by atoms with E-state index < -0.39 is 12.3 Å². The topological polar surface area (TPSA) is 87.4 Å². The number of hydrogen-bond donors (Lipinski definition) is 0. The molecule has 174 valence electrons. The van der Waals surface area contributed by atoms with Crippen LogP contribution in [0.2, 0.25) is 0 Å². The molecule has 10 heteroatoms. The van der Waals surface area contributed by atoms with Crippen molar-refractivity contribution in [3.05, 3.63) is 51.9 Å². The van der Waals surface area contributed by atoms with E-state index in [1.165, 1.54) is 10.6 Å². The van der Waals surface area contributed by atoms with Gasteiger partial charge in [-0.25, -0.2) is 9.37 Å². The fourth-order valence-electron chi connectivity index (χ4n) is 4.18. The van der Waals surface area contributed by atoms with Gasteiger partial charge < -0.3 is 23.8 Å². The van der Waals surface area contributed by atoms with Gasteiger partial charge in [-0.1, -0.05) is 0 Å². The van der Waals surface area contributed by atoms with Gasteiger partial charge in [-0.05, 0) is 30.7 Å². The van der Waals surface area contributed by atoms with Gasteiger partial charge in [0.25, 0.3) is 5.56 Å². The summed E-state index contributed by atoms with van der Waals surface area (Å²) in [5.74, 6) is 2.38. The lowest BCUT2D eigenvalue weighted by Crippen LogP contribution is -2.47. The Bertz CT molecular complexity index is 1230. The van der Waals surface area contributed by atoms with Crippen molar-refractivity contribution in [1.82, 2.24) is 14.6 Å². The summed E-state index contributed by atoms with van der Waals surface area (Å²) in [7, 11) is 1.55. The van der Waals surface area contributed by atoms with Crippen molar-refractivity contribution < 1.29 is 23.3 Å². The van der Waals surface area contributed by atoms with Crippen LogP contribution in [0.1, 0.15) is 17.7 Å². The maximum absolute atomic E-state index is 15.1. The third kappa shape index (κ3) is 4.30. The zero-order chi connectivity index (χ0) is 22.9. The van der Waals surface area contributed by atoms with Crippen molar-refractivity contribution >= 4 is 11.5 Å². The van der Waals surface area contributed by atoms with Crippen LogP contribution < -0.4 is 24.7 Å². The van der Waals surface area contributed by atoms with Gasteiger partial charge in [0, 0.05) is 32.2 Å². The molecule has 0 amide bonds. The van der Waals surface area contributed by atoms with E-state index in [0.717, 1.165) is 5.56 Å². The number of rotatable bonds is 5. The molecule has 2 aromatic heterocycles. The monoisotopic (exact) mass is 456 g/mol. The molecule has 0 N–H and O–H groups in total. The Hall–Kier alpha value is -3.40. The molecule has 2 aliphatic rings. The maximum Gasteiger partial charge on any atom is 0.274 e. The van der Waals surface area contributed by atoms with E-state index in [9.17, 15) is 4.79 Å². The largest absolute Gasteiger partial charge is 0.487 e.